The summed E-state index contributed by atoms with van der Waals surface area (Å²) in [5.74, 6) is 1.39. The number of hydrogen-bond donors (Lipinski definition) is 1. The van der Waals surface area contributed by atoms with E-state index in [0.717, 1.165) is 47.9 Å². The van der Waals surface area contributed by atoms with Crippen molar-refractivity contribution in [3.8, 4) is 22.5 Å². The maximum Gasteiger partial charge on any atom is 0.417 e. The highest BCUT2D eigenvalue weighted by Crippen LogP contribution is 2.39. The number of carbonyl (C=O) groups excluding carboxylic acids is 2. The standard InChI is InChI=1S/C30H34N8O4/c1-19-36(29(39)41-2)18-25-28(38(19)30(40)42-3)31-27(22-9-5-4-6-10-22)37(25)17-20-13-15-21(16-14-20)23-11-7-8-12-24(23)26-32-34-35-33-26/h7-8,11-16,18-19,22,27H,4-6,9-10,17H2,1-3H3,(H,32,33,34,35). The highest BCUT2D eigenvalue weighted by molar-refractivity contribution is 6.08. The number of tetrazole rings is 1. The smallest absolute Gasteiger partial charge is 0.417 e. The average Bonchev–Trinajstić information content (AvgIpc) is 3.70. The molecule has 1 N–H and O–H groups in total. The number of nitrogens with zero attached hydrogens (tertiary/aromatic N) is 7. The minimum Gasteiger partial charge on any atom is -0.452 e. The Morgan fingerprint density at radius 2 is 1.67 bits per heavy atom. The van der Waals surface area contributed by atoms with Crippen LogP contribution in [0.25, 0.3) is 22.5 Å². The van der Waals surface area contributed by atoms with E-state index in [9.17, 15) is 9.59 Å². The number of benzene rings is 2. The Balaban J connectivity index is 1.35. The summed E-state index contributed by atoms with van der Waals surface area (Å²) in [7, 11) is 2.66. The zero-order valence-electron chi connectivity index (χ0n) is 23.9. The van der Waals surface area contributed by atoms with Gasteiger partial charge in [0.05, 0.1) is 19.9 Å². The average molecular weight is 571 g/mol. The number of amidine groups is 1. The van der Waals surface area contributed by atoms with Crippen LogP contribution in [0.4, 0.5) is 9.59 Å². The molecule has 0 bridgehead atoms. The topological polar surface area (TPSA) is 129 Å². The van der Waals surface area contributed by atoms with Gasteiger partial charge in [-0.1, -0.05) is 67.8 Å². The van der Waals surface area contributed by atoms with Crippen LogP contribution in [0.1, 0.15) is 44.6 Å². The molecule has 12 heteroatoms. The molecule has 6 rings (SSSR count). The van der Waals surface area contributed by atoms with Gasteiger partial charge in [0.2, 0.25) is 5.82 Å². The Labute approximate surface area is 244 Å². The molecule has 1 saturated carbocycles. The Morgan fingerprint density at radius 3 is 2.33 bits per heavy atom. The SMILES string of the molecule is COC(=O)N1C=C2C(=NC(C3CCCCC3)N2Cc2ccc(-c3ccccc3-c3nn[nH]n3)cc2)N(C(=O)OC)C1C. The predicted molar refractivity (Wildman–Crippen MR) is 154 cm³/mol. The summed E-state index contributed by atoms with van der Waals surface area (Å²) in [5.41, 5.74) is 4.69. The molecule has 2 atom stereocenters. The van der Waals surface area contributed by atoms with Crippen LogP contribution in [-0.2, 0) is 16.0 Å². The van der Waals surface area contributed by atoms with E-state index in [-0.39, 0.29) is 6.17 Å². The summed E-state index contributed by atoms with van der Waals surface area (Å²) in [6.07, 6.45) is 5.45. The molecule has 218 valence electrons. The van der Waals surface area contributed by atoms with Crippen LogP contribution in [0, 0.1) is 5.92 Å². The molecule has 12 nitrogen and oxygen atoms in total. The second-order valence-corrected chi connectivity index (χ2v) is 10.7. The Hall–Kier alpha value is -4.74. The lowest BCUT2D eigenvalue weighted by Crippen LogP contribution is -2.56. The number of rotatable bonds is 5. The van der Waals surface area contributed by atoms with Gasteiger partial charge in [-0.2, -0.15) is 5.21 Å². The number of H-pyrrole nitrogens is 1. The van der Waals surface area contributed by atoms with Gasteiger partial charge < -0.3 is 14.4 Å². The molecule has 3 aromatic rings. The molecule has 2 amide bonds. The van der Waals surface area contributed by atoms with E-state index in [1.54, 1.807) is 13.1 Å². The molecule has 1 aromatic heterocycles. The van der Waals surface area contributed by atoms with Crippen LogP contribution in [0.2, 0.25) is 0 Å². The first-order valence-electron chi connectivity index (χ1n) is 14.2. The van der Waals surface area contributed by atoms with E-state index in [2.05, 4.69) is 49.8 Å². The first kappa shape index (κ1) is 27.4. The van der Waals surface area contributed by atoms with Crippen molar-refractivity contribution < 1.29 is 19.1 Å². The van der Waals surface area contributed by atoms with Crippen molar-refractivity contribution in [3.05, 3.63) is 66.0 Å². The summed E-state index contributed by atoms with van der Waals surface area (Å²) in [6.45, 7) is 2.30. The Bertz CT molecular complexity index is 1500. The first-order chi connectivity index (χ1) is 20.5. The fraction of sp³-hybridized carbons (Fsp3) is 0.400. The summed E-state index contributed by atoms with van der Waals surface area (Å²) in [4.78, 5) is 36.0. The van der Waals surface area contributed by atoms with Crippen LogP contribution in [0.15, 0.2) is 65.4 Å². The van der Waals surface area contributed by atoms with Crippen molar-refractivity contribution in [2.75, 3.05) is 14.2 Å². The van der Waals surface area contributed by atoms with Gasteiger partial charge in [-0.15, -0.1) is 10.2 Å². The van der Waals surface area contributed by atoms with Gasteiger partial charge in [0.15, 0.2) is 5.84 Å². The number of amides is 2. The van der Waals surface area contributed by atoms with Crippen LogP contribution in [-0.4, -0.2) is 79.9 Å². The number of ether oxygens (including phenoxy) is 2. The Morgan fingerprint density at radius 1 is 0.952 bits per heavy atom. The van der Waals surface area contributed by atoms with Crippen molar-refractivity contribution in [2.24, 2.45) is 10.9 Å². The minimum absolute atomic E-state index is 0.165. The van der Waals surface area contributed by atoms with Gasteiger partial charge in [0, 0.05) is 18.3 Å². The fourth-order valence-corrected chi connectivity index (χ4v) is 6.20. The summed E-state index contributed by atoms with van der Waals surface area (Å²) < 4.78 is 10.2. The molecular weight excluding hydrogens is 536 g/mol. The van der Waals surface area contributed by atoms with Gasteiger partial charge in [0.1, 0.15) is 12.3 Å². The first-order valence-corrected chi connectivity index (χ1v) is 14.2. The number of carbonyl (C=O) groups is 2. The number of fused-ring (bicyclic) bond motifs is 1. The van der Waals surface area contributed by atoms with Crippen LogP contribution in [0.3, 0.4) is 0 Å². The van der Waals surface area contributed by atoms with E-state index >= 15 is 0 Å². The van der Waals surface area contributed by atoms with Gasteiger partial charge in [-0.25, -0.2) is 19.5 Å². The normalized spacial score (nSPS) is 20.6. The molecule has 2 aliphatic heterocycles. The maximum atomic E-state index is 13.0. The third kappa shape index (κ3) is 4.97. The van der Waals surface area contributed by atoms with Crippen LogP contribution in [0.5, 0.6) is 0 Å². The molecular formula is C30H34N8O4. The number of aliphatic imine (C=N–C) groups is 1. The van der Waals surface area contributed by atoms with Crippen LogP contribution >= 0.6 is 0 Å². The summed E-state index contributed by atoms with van der Waals surface area (Å²) >= 11 is 0. The molecule has 0 radical (unpaired) electrons. The largest absolute Gasteiger partial charge is 0.452 e. The van der Waals surface area contributed by atoms with Gasteiger partial charge in [0.25, 0.3) is 0 Å². The molecule has 0 saturated heterocycles. The number of hydrogen-bond acceptors (Lipinski definition) is 9. The molecule has 1 aliphatic carbocycles. The molecule has 3 aliphatic rings. The van der Waals surface area contributed by atoms with Crippen LogP contribution < -0.4 is 0 Å². The number of methoxy groups -OCH3 is 2. The van der Waals surface area contributed by atoms with E-state index in [0.29, 0.717) is 29.8 Å². The van der Waals surface area contributed by atoms with E-state index in [1.165, 1.54) is 30.4 Å². The minimum atomic E-state index is -0.655. The monoisotopic (exact) mass is 570 g/mol. The lowest BCUT2D eigenvalue weighted by atomic mass is 9.86. The quantitative estimate of drug-likeness (QED) is 0.454. The molecule has 42 heavy (non-hydrogen) atoms. The second-order valence-electron chi connectivity index (χ2n) is 10.7. The van der Waals surface area contributed by atoms with Gasteiger partial charge >= 0.3 is 12.2 Å². The lowest BCUT2D eigenvalue weighted by Gasteiger charge is -2.40. The van der Waals surface area contributed by atoms with Gasteiger partial charge in [-0.05, 0) is 47.6 Å². The van der Waals surface area contributed by atoms with E-state index in [4.69, 9.17) is 14.5 Å². The van der Waals surface area contributed by atoms with E-state index < -0.39 is 18.4 Å². The summed E-state index contributed by atoms with van der Waals surface area (Å²) in [5, 5.41) is 14.5. The number of nitrogens with one attached hydrogen (secondary N) is 1. The van der Waals surface area contributed by atoms with Crippen molar-refractivity contribution in [2.45, 2.75) is 57.9 Å². The van der Waals surface area contributed by atoms with Crippen molar-refractivity contribution in [1.29, 1.82) is 0 Å². The van der Waals surface area contributed by atoms with E-state index in [1.807, 2.05) is 24.3 Å². The highest BCUT2D eigenvalue weighted by atomic mass is 16.6. The van der Waals surface area contributed by atoms with Crippen molar-refractivity contribution >= 4 is 18.0 Å². The maximum absolute atomic E-state index is 13.0. The molecule has 3 heterocycles. The van der Waals surface area contributed by atoms with Gasteiger partial charge in [-0.3, -0.25) is 4.90 Å². The molecule has 1 fully saturated rings. The second kappa shape index (κ2) is 11.6. The van der Waals surface area contributed by atoms with Crippen molar-refractivity contribution in [1.82, 2.24) is 35.3 Å². The molecule has 0 spiro atoms. The number of aromatic amines is 1. The number of aromatic nitrogens is 4. The lowest BCUT2D eigenvalue weighted by molar-refractivity contribution is 0.0794. The predicted octanol–water partition coefficient (Wildman–Crippen LogP) is 4.99. The fourth-order valence-electron chi connectivity index (χ4n) is 6.20. The van der Waals surface area contributed by atoms with Crippen molar-refractivity contribution in [3.63, 3.8) is 0 Å². The highest BCUT2D eigenvalue weighted by Gasteiger charge is 2.46. The third-order valence-electron chi connectivity index (χ3n) is 8.34. The zero-order valence-corrected chi connectivity index (χ0v) is 23.9. The molecule has 2 unspecified atom stereocenters. The Kier molecular flexibility index (Phi) is 7.60. The zero-order chi connectivity index (χ0) is 29.2. The third-order valence-corrected chi connectivity index (χ3v) is 8.34. The molecule has 2 aromatic carbocycles. The summed E-state index contributed by atoms with van der Waals surface area (Å²) in [6, 6.07) is 16.3.